The van der Waals surface area contributed by atoms with Gasteiger partial charge >= 0.3 is 0 Å². The van der Waals surface area contributed by atoms with Gasteiger partial charge < -0.3 is 0 Å². The van der Waals surface area contributed by atoms with Crippen molar-refractivity contribution in [3.63, 3.8) is 0 Å². The summed E-state index contributed by atoms with van der Waals surface area (Å²) in [4.78, 5) is 29.1. The summed E-state index contributed by atoms with van der Waals surface area (Å²) in [5, 5.41) is 0. The molecule has 0 unspecified atom stereocenters. The van der Waals surface area contributed by atoms with Crippen molar-refractivity contribution >= 4 is 52.8 Å². The predicted octanol–water partition coefficient (Wildman–Crippen LogP) is 1.63. The molecule has 0 spiro atoms. The highest BCUT2D eigenvalue weighted by molar-refractivity contribution is 14.1. The van der Waals surface area contributed by atoms with Gasteiger partial charge in [-0.2, -0.15) is 0 Å². The van der Waals surface area contributed by atoms with E-state index in [1.807, 2.05) is 0 Å². The van der Waals surface area contributed by atoms with Crippen LogP contribution in [0.4, 0.5) is 0 Å². The van der Waals surface area contributed by atoms with Gasteiger partial charge in [0, 0.05) is 45.2 Å². The zero-order valence-corrected chi connectivity index (χ0v) is 9.94. The van der Waals surface area contributed by atoms with Crippen molar-refractivity contribution in [2.75, 3.05) is 0 Å². The number of nitrogens with zero attached hydrogens (tertiary/aromatic N) is 2. The predicted molar refractivity (Wildman–Crippen MR) is 58.7 cm³/mol. The summed E-state index contributed by atoms with van der Waals surface area (Å²) in [5.74, 6) is 0. The van der Waals surface area contributed by atoms with Crippen LogP contribution in [-0.2, 0) is 0 Å². The minimum Gasteiger partial charge on any atom is -0.280 e. The Labute approximate surface area is 95.4 Å². The van der Waals surface area contributed by atoms with E-state index in [1.54, 1.807) is 45.2 Å². The molecule has 62 valence electrons. The zero-order valence-electron chi connectivity index (χ0n) is 5.62. The molecule has 1 aromatic rings. The molecule has 0 saturated carbocycles. The fraction of sp³-hybridized carbons (Fsp3) is 0. The SMILES string of the molecule is O=C(I)c1cncc(C(=O)I)n1. The Kier molecular flexibility index (Phi) is 3.50. The van der Waals surface area contributed by atoms with Crippen molar-refractivity contribution in [3.8, 4) is 0 Å². The van der Waals surface area contributed by atoms with E-state index in [2.05, 4.69) is 9.97 Å². The number of hydrogen-bond donors (Lipinski definition) is 0. The summed E-state index contributed by atoms with van der Waals surface area (Å²) in [6.45, 7) is 0. The van der Waals surface area contributed by atoms with E-state index in [-0.39, 0.29) is 19.0 Å². The van der Waals surface area contributed by atoms with E-state index in [9.17, 15) is 9.59 Å². The molecule has 0 aliphatic heterocycles. The van der Waals surface area contributed by atoms with E-state index in [0.717, 1.165) is 0 Å². The third-order valence-electron chi connectivity index (χ3n) is 1.04. The van der Waals surface area contributed by atoms with E-state index in [0.29, 0.717) is 0 Å². The lowest BCUT2D eigenvalue weighted by Crippen LogP contribution is -2.01. The quantitative estimate of drug-likeness (QED) is 0.571. The minimum atomic E-state index is -0.223. The van der Waals surface area contributed by atoms with Crippen LogP contribution in [0, 0.1) is 0 Å². The molecule has 0 aliphatic carbocycles. The highest BCUT2D eigenvalue weighted by Gasteiger charge is 2.07. The molecular weight excluding hydrogens is 386 g/mol. The molecule has 0 aliphatic rings. The monoisotopic (exact) mass is 388 g/mol. The van der Waals surface area contributed by atoms with Crippen molar-refractivity contribution in [2.45, 2.75) is 0 Å². The highest BCUT2D eigenvalue weighted by Crippen LogP contribution is 2.05. The summed E-state index contributed by atoms with van der Waals surface area (Å²) >= 11 is 3.19. The Morgan fingerprint density at radius 3 is 1.83 bits per heavy atom. The van der Waals surface area contributed by atoms with Gasteiger partial charge in [-0.1, -0.05) is 0 Å². The Morgan fingerprint density at radius 1 is 1.08 bits per heavy atom. The summed E-state index contributed by atoms with van der Waals surface area (Å²) in [6, 6.07) is 0. The second-order valence-electron chi connectivity index (χ2n) is 1.84. The maximum absolute atomic E-state index is 10.8. The van der Waals surface area contributed by atoms with Gasteiger partial charge in [-0.25, -0.2) is 4.98 Å². The molecule has 0 N–H and O–H groups in total. The van der Waals surface area contributed by atoms with E-state index >= 15 is 0 Å². The Hall–Kier alpha value is -0.120. The number of carbonyl (C=O) groups excluding carboxylic acids is 2. The lowest BCUT2D eigenvalue weighted by Gasteiger charge is -1.94. The van der Waals surface area contributed by atoms with Crippen LogP contribution in [-0.4, -0.2) is 17.5 Å². The zero-order chi connectivity index (χ0) is 9.14. The van der Waals surface area contributed by atoms with Crippen molar-refractivity contribution < 1.29 is 9.59 Å². The molecule has 1 rings (SSSR count). The Balaban J connectivity index is 3.12. The smallest absolute Gasteiger partial charge is 0.242 e. The molecule has 6 heteroatoms. The van der Waals surface area contributed by atoms with Gasteiger partial charge in [0.05, 0.1) is 12.4 Å². The molecule has 12 heavy (non-hydrogen) atoms. The summed E-state index contributed by atoms with van der Waals surface area (Å²) in [7, 11) is 0. The van der Waals surface area contributed by atoms with Crippen LogP contribution in [0.15, 0.2) is 12.4 Å². The number of aromatic nitrogens is 2. The number of halogens is 2. The van der Waals surface area contributed by atoms with Crippen molar-refractivity contribution in [3.05, 3.63) is 23.8 Å². The van der Waals surface area contributed by atoms with Crippen LogP contribution in [0.25, 0.3) is 0 Å². The van der Waals surface area contributed by atoms with Gasteiger partial charge in [-0.05, 0) is 0 Å². The second-order valence-corrected chi connectivity index (χ2v) is 3.80. The maximum atomic E-state index is 10.8. The molecule has 0 atom stereocenters. The summed E-state index contributed by atoms with van der Waals surface area (Å²) in [5.41, 5.74) is 0.413. The Morgan fingerprint density at radius 2 is 1.50 bits per heavy atom. The molecule has 0 bridgehead atoms. The molecule has 4 nitrogen and oxygen atoms in total. The molecule has 0 amide bonds. The van der Waals surface area contributed by atoms with Crippen LogP contribution in [0.1, 0.15) is 21.0 Å². The van der Waals surface area contributed by atoms with Crippen LogP contribution >= 0.6 is 45.2 Å². The topological polar surface area (TPSA) is 59.9 Å². The van der Waals surface area contributed by atoms with Gasteiger partial charge in [-0.3, -0.25) is 14.6 Å². The van der Waals surface area contributed by atoms with Crippen LogP contribution in [0.3, 0.4) is 0 Å². The van der Waals surface area contributed by atoms with E-state index in [4.69, 9.17) is 0 Å². The molecular formula is C6H2I2N2O2. The average Bonchev–Trinajstić information content (AvgIpc) is 2.04. The van der Waals surface area contributed by atoms with Crippen LogP contribution in [0.2, 0.25) is 0 Å². The van der Waals surface area contributed by atoms with Gasteiger partial charge in [0.15, 0.2) is 0 Å². The second kappa shape index (κ2) is 4.21. The van der Waals surface area contributed by atoms with Crippen molar-refractivity contribution in [2.24, 2.45) is 0 Å². The number of carbonyl (C=O) groups is 2. The fourth-order valence-electron chi connectivity index (χ4n) is 0.555. The van der Waals surface area contributed by atoms with Gasteiger partial charge in [-0.15, -0.1) is 0 Å². The van der Waals surface area contributed by atoms with E-state index < -0.39 is 0 Å². The number of hydrogen-bond acceptors (Lipinski definition) is 4. The van der Waals surface area contributed by atoms with Crippen LogP contribution in [0.5, 0.6) is 0 Å². The summed E-state index contributed by atoms with van der Waals surface area (Å²) in [6.07, 6.45) is 2.66. The standard InChI is InChI=1S/C6H2I2N2O2/c7-5(11)3-1-9-2-4(10-3)6(8)12/h1-2H. The largest absolute Gasteiger partial charge is 0.280 e. The first-order chi connectivity index (χ1) is 5.61. The lowest BCUT2D eigenvalue weighted by atomic mass is 10.4. The molecule has 0 fully saturated rings. The Bertz CT molecular complexity index is 311. The van der Waals surface area contributed by atoms with Crippen LogP contribution < -0.4 is 0 Å². The summed E-state index contributed by atoms with van der Waals surface area (Å²) < 4.78 is -0.445. The molecule has 0 radical (unpaired) electrons. The van der Waals surface area contributed by atoms with Gasteiger partial charge in [0.1, 0.15) is 11.4 Å². The van der Waals surface area contributed by atoms with Crippen molar-refractivity contribution in [1.29, 1.82) is 0 Å². The first kappa shape index (κ1) is 9.96. The first-order valence-corrected chi connectivity index (χ1v) is 4.98. The highest BCUT2D eigenvalue weighted by atomic mass is 127. The van der Waals surface area contributed by atoms with Gasteiger partial charge in [0.2, 0.25) is 7.58 Å². The number of rotatable bonds is 2. The van der Waals surface area contributed by atoms with Gasteiger partial charge in [0.25, 0.3) is 0 Å². The molecule has 1 aromatic heterocycles. The molecule has 1 heterocycles. The lowest BCUT2D eigenvalue weighted by molar-refractivity contribution is 0.109. The average molecular weight is 388 g/mol. The third kappa shape index (κ3) is 2.44. The minimum absolute atomic E-state index is 0.207. The first-order valence-electron chi connectivity index (χ1n) is 2.83. The fourth-order valence-corrected chi connectivity index (χ4v) is 1.08. The van der Waals surface area contributed by atoms with Crippen molar-refractivity contribution in [1.82, 2.24) is 9.97 Å². The maximum Gasteiger partial charge on any atom is 0.242 e. The molecule has 0 saturated heterocycles. The third-order valence-corrected chi connectivity index (χ3v) is 2.14. The molecule has 0 aromatic carbocycles. The van der Waals surface area contributed by atoms with E-state index in [1.165, 1.54) is 12.4 Å². The normalized spacial score (nSPS) is 9.50.